The molecule has 1 heterocycles. The van der Waals surface area contributed by atoms with Crippen molar-refractivity contribution in [2.75, 3.05) is 0 Å². The molecule has 20 heavy (non-hydrogen) atoms. The van der Waals surface area contributed by atoms with Gasteiger partial charge in [0.1, 0.15) is 10.7 Å². The van der Waals surface area contributed by atoms with Crippen molar-refractivity contribution < 1.29 is 4.79 Å². The molecule has 0 aliphatic heterocycles. The molecule has 1 N–H and O–H groups in total. The number of nitrogens with zero attached hydrogens (tertiary/aromatic N) is 2. The maximum Gasteiger partial charge on any atom is 0.252 e. The lowest BCUT2D eigenvalue weighted by molar-refractivity contribution is 0.0915. The number of hydrogen-bond donors (Lipinski definition) is 1. The van der Waals surface area contributed by atoms with E-state index in [1.807, 2.05) is 20.8 Å². The van der Waals surface area contributed by atoms with Crippen LogP contribution in [0.3, 0.4) is 0 Å². The standard InChI is InChI=1S/C15H20ClN3O/c1-4-7-12-8-11(9-13(16)18-12)14(20)19-15(5-2,6-3)10-17/h8-9H,4-7H2,1-3H3,(H,19,20). The Hall–Kier alpha value is -1.60. The van der Waals surface area contributed by atoms with Crippen molar-refractivity contribution in [2.45, 2.75) is 52.0 Å². The maximum atomic E-state index is 12.3. The number of aromatic nitrogens is 1. The Bertz CT molecular complexity index is 518. The van der Waals surface area contributed by atoms with Crippen molar-refractivity contribution in [1.29, 1.82) is 5.26 Å². The highest BCUT2D eigenvalue weighted by Crippen LogP contribution is 2.17. The van der Waals surface area contributed by atoms with Crippen LogP contribution in [0.15, 0.2) is 12.1 Å². The SMILES string of the molecule is CCCc1cc(C(=O)NC(C#N)(CC)CC)cc(Cl)n1. The minimum absolute atomic E-state index is 0.281. The molecule has 1 amide bonds. The highest BCUT2D eigenvalue weighted by atomic mass is 35.5. The number of carbonyl (C=O) groups is 1. The van der Waals surface area contributed by atoms with E-state index in [1.54, 1.807) is 6.07 Å². The Labute approximate surface area is 125 Å². The first-order chi connectivity index (χ1) is 9.50. The van der Waals surface area contributed by atoms with Gasteiger partial charge in [-0.3, -0.25) is 4.79 Å². The highest BCUT2D eigenvalue weighted by Gasteiger charge is 2.28. The Morgan fingerprint density at radius 2 is 2.05 bits per heavy atom. The topological polar surface area (TPSA) is 65.8 Å². The molecule has 0 unspecified atom stereocenters. The molecule has 0 fully saturated rings. The summed E-state index contributed by atoms with van der Waals surface area (Å²) in [6.45, 7) is 5.81. The van der Waals surface area contributed by atoms with E-state index in [2.05, 4.69) is 16.4 Å². The molecule has 1 rings (SSSR count). The summed E-state index contributed by atoms with van der Waals surface area (Å²) in [6.07, 6.45) is 2.82. The van der Waals surface area contributed by atoms with Crippen LogP contribution < -0.4 is 5.32 Å². The van der Waals surface area contributed by atoms with Crippen LogP contribution in [-0.4, -0.2) is 16.4 Å². The van der Waals surface area contributed by atoms with Gasteiger partial charge in [0.15, 0.2) is 0 Å². The van der Waals surface area contributed by atoms with E-state index >= 15 is 0 Å². The highest BCUT2D eigenvalue weighted by molar-refractivity contribution is 6.29. The Balaban J connectivity index is 3.00. The van der Waals surface area contributed by atoms with Gasteiger partial charge in [-0.05, 0) is 31.4 Å². The van der Waals surface area contributed by atoms with E-state index in [1.165, 1.54) is 6.07 Å². The molecule has 4 nitrogen and oxygen atoms in total. The van der Waals surface area contributed by atoms with Gasteiger partial charge >= 0.3 is 0 Å². The van der Waals surface area contributed by atoms with Gasteiger partial charge < -0.3 is 5.32 Å². The summed E-state index contributed by atoms with van der Waals surface area (Å²) in [4.78, 5) is 16.5. The van der Waals surface area contributed by atoms with Crippen LogP contribution in [0.4, 0.5) is 0 Å². The Morgan fingerprint density at radius 3 is 2.55 bits per heavy atom. The summed E-state index contributed by atoms with van der Waals surface area (Å²) in [6, 6.07) is 5.45. The fourth-order valence-corrected chi connectivity index (χ4v) is 2.19. The van der Waals surface area contributed by atoms with Crippen molar-refractivity contribution in [3.63, 3.8) is 0 Å². The normalized spacial score (nSPS) is 10.9. The smallest absolute Gasteiger partial charge is 0.252 e. The molecule has 0 aromatic carbocycles. The molecule has 0 saturated carbocycles. The summed E-state index contributed by atoms with van der Waals surface area (Å²) >= 11 is 5.95. The van der Waals surface area contributed by atoms with Crippen molar-refractivity contribution >= 4 is 17.5 Å². The fraction of sp³-hybridized carbons (Fsp3) is 0.533. The third kappa shape index (κ3) is 3.94. The summed E-state index contributed by atoms with van der Waals surface area (Å²) in [5, 5.41) is 12.4. The Morgan fingerprint density at radius 1 is 1.40 bits per heavy atom. The van der Waals surface area contributed by atoms with Gasteiger partial charge in [0, 0.05) is 11.3 Å². The molecule has 5 heteroatoms. The number of aryl methyl sites for hydroxylation is 1. The largest absolute Gasteiger partial charge is 0.334 e. The minimum atomic E-state index is -0.822. The van der Waals surface area contributed by atoms with Crippen LogP contribution in [0.1, 0.15) is 56.1 Å². The first-order valence-corrected chi connectivity index (χ1v) is 7.28. The zero-order valence-corrected chi connectivity index (χ0v) is 12.9. The van der Waals surface area contributed by atoms with Crippen molar-refractivity contribution in [3.8, 4) is 6.07 Å². The predicted molar refractivity (Wildman–Crippen MR) is 79.6 cm³/mol. The third-order valence-electron chi connectivity index (χ3n) is 3.39. The van der Waals surface area contributed by atoms with Crippen molar-refractivity contribution in [1.82, 2.24) is 10.3 Å². The van der Waals surface area contributed by atoms with Crippen LogP contribution >= 0.6 is 11.6 Å². The number of carbonyl (C=O) groups excluding carboxylic acids is 1. The third-order valence-corrected chi connectivity index (χ3v) is 3.58. The lowest BCUT2D eigenvalue weighted by Crippen LogP contribution is -2.46. The molecule has 0 atom stereocenters. The first kappa shape index (κ1) is 16.5. The number of hydrogen-bond acceptors (Lipinski definition) is 3. The molecule has 1 aromatic rings. The number of amides is 1. The van der Waals surface area contributed by atoms with Gasteiger partial charge in [-0.1, -0.05) is 38.8 Å². The quantitative estimate of drug-likeness (QED) is 0.816. The van der Waals surface area contributed by atoms with Crippen LogP contribution in [0.5, 0.6) is 0 Å². The average Bonchev–Trinajstić information content (AvgIpc) is 2.44. The molecule has 1 aromatic heterocycles. The van der Waals surface area contributed by atoms with Crippen molar-refractivity contribution in [3.05, 3.63) is 28.5 Å². The monoisotopic (exact) mass is 293 g/mol. The summed E-state index contributed by atoms with van der Waals surface area (Å²) < 4.78 is 0. The van der Waals surface area contributed by atoms with Crippen LogP contribution in [0, 0.1) is 11.3 Å². The molecular weight excluding hydrogens is 274 g/mol. The Kier molecular flexibility index (Phi) is 5.97. The maximum absolute atomic E-state index is 12.3. The van der Waals surface area contributed by atoms with Gasteiger partial charge in [0.2, 0.25) is 0 Å². The number of nitriles is 1. The molecule has 0 spiro atoms. The number of pyridine rings is 1. The van der Waals surface area contributed by atoms with E-state index < -0.39 is 5.54 Å². The van der Waals surface area contributed by atoms with E-state index in [-0.39, 0.29) is 5.91 Å². The number of halogens is 1. The molecule has 0 radical (unpaired) electrons. The van der Waals surface area contributed by atoms with Gasteiger partial charge in [-0.15, -0.1) is 0 Å². The second-order valence-corrected chi connectivity index (χ2v) is 5.16. The minimum Gasteiger partial charge on any atom is -0.334 e. The van der Waals surface area contributed by atoms with Gasteiger partial charge in [0.25, 0.3) is 5.91 Å². The molecule has 108 valence electrons. The van der Waals surface area contributed by atoms with Crippen LogP contribution in [-0.2, 0) is 6.42 Å². The van der Waals surface area contributed by atoms with Gasteiger partial charge in [-0.25, -0.2) is 4.98 Å². The molecule has 0 aliphatic carbocycles. The molecular formula is C15H20ClN3O. The van der Waals surface area contributed by atoms with Gasteiger partial charge in [-0.2, -0.15) is 5.26 Å². The fourth-order valence-electron chi connectivity index (χ4n) is 1.97. The molecule has 0 bridgehead atoms. The summed E-state index contributed by atoms with van der Waals surface area (Å²) in [5.74, 6) is -0.281. The van der Waals surface area contributed by atoms with Crippen LogP contribution in [0.25, 0.3) is 0 Å². The number of nitrogens with one attached hydrogen (secondary N) is 1. The lowest BCUT2D eigenvalue weighted by atomic mass is 9.94. The predicted octanol–water partition coefficient (Wildman–Crippen LogP) is 3.50. The molecule has 0 aliphatic rings. The van der Waals surface area contributed by atoms with Crippen molar-refractivity contribution in [2.24, 2.45) is 0 Å². The molecule has 0 saturated heterocycles. The lowest BCUT2D eigenvalue weighted by Gasteiger charge is -2.25. The van der Waals surface area contributed by atoms with E-state index in [0.29, 0.717) is 23.6 Å². The number of rotatable bonds is 6. The van der Waals surface area contributed by atoms with E-state index in [4.69, 9.17) is 11.6 Å². The zero-order valence-electron chi connectivity index (χ0n) is 12.2. The van der Waals surface area contributed by atoms with E-state index in [9.17, 15) is 10.1 Å². The second-order valence-electron chi connectivity index (χ2n) is 4.78. The average molecular weight is 294 g/mol. The second kappa shape index (κ2) is 7.25. The van der Waals surface area contributed by atoms with Gasteiger partial charge in [0.05, 0.1) is 6.07 Å². The first-order valence-electron chi connectivity index (χ1n) is 6.90. The zero-order chi connectivity index (χ0) is 15.2. The summed E-state index contributed by atoms with van der Waals surface area (Å²) in [7, 11) is 0. The van der Waals surface area contributed by atoms with Crippen LogP contribution in [0.2, 0.25) is 5.15 Å². The van der Waals surface area contributed by atoms with E-state index in [0.717, 1.165) is 18.5 Å². The summed E-state index contributed by atoms with van der Waals surface area (Å²) in [5.41, 5.74) is 0.424.